The van der Waals surface area contributed by atoms with Gasteiger partial charge in [0.05, 0.1) is 12.9 Å². The van der Waals surface area contributed by atoms with Gasteiger partial charge in [-0.2, -0.15) is 4.31 Å². The third-order valence-corrected chi connectivity index (χ3v) is 4.79. The molecule has 6 nitrogen and oxygen atoms in total. The molecule has 0 radical (unpaired) electrons. The fraction of sp³-hybridized carbons (Fsp3) is 0.917. The molecule has 0 amide bonds. The Labute approximate surface area is 115 Å². The van der Waals surface area contributed by atoms with Crippen LogP contribution in [0, 0.1) is 0 Å². The minimum atomic E-state index is -3.48. The van der Waals surface area contributed by atoms with E-state index < -0.39 is 21.5 Å². The minimum absolute atomic E-state index is 0.157. The van der Waals surface area contributed by atoms with E-state index in [1.54, 1.807) is 20.8 Å². The van der Waals surface area contributed by atoms with Crippen molar-refractivity contribution in [3.8, 4) is 0 Å². The number of ether oxygens (including phenoxy) is 1. The summed E-state index contributed by atoms with van der Waals surface area (Å²) in [5, 5.41) is 3.19. The van der Waals surface area contributed by atoms with E-state index in [2.05, 4.69) is 5.32 Å². The Bertz CT molecular complexity index is 413. The molecule has 112 valence electrons. The minimum Gasteiger partial charge on any atom is -0.465 e. The molecule has 1 fully saturated rings. The van der Waals surface area contributed by atoms with Gasteiger partial charge in [-0.3, -0.25) is 4.79 Å². The predicted octanol–water partition coefficient (Wildman–Crippen LogP) is 0.342. The number of nitrogens with one attached hydrogen (secondary N) is 1. The van der Waals surface area contributed by atoms with Crippen molar-refractivity contribution in [1.82, 2.24) is 9.62 Å². The van der Waals surface area contributed by atoms with Gasteiger partial charge in [0, 0.05) is 6.04 Å². The Kier molecular flexibility index (Phi) is 5.34. The highest BCUT2D eigenvalue weighted by Gasteiger charge is 2.45. The standard InChI is InChI=1S/C12H24N2O4S/c1-5-18-11(15)12(2,3)14(19(4,16)17)10-6-8-13-9-7-10/h10,13H,5-9H2,1-4H3. The van der Waals surface area contributed by atoms with E-state index in [0.29, 0.717) is 12.8 Å². The summed E-state index contributed by atoms with van der Waals surface area (Å²) >= 11 is 0. The molecule has 0 aromatic carbocycles. The molecule has 0 saturated carbocycles. The zero-order chi connectivity index (χ0) is 14.7. The van der Waals surface area contributed by atoms with Crippen LogP contribution in [0.4, 0.5) is 0 Å². The fourth-order valence-corrected chi connectivity index (χ4v) is 4.24. The maximum atomic E-state index is 12.1. The van der Waals surface area contributed by atoms with Gasteiger partial charge in [-0.1, -0.05) is 0 Å². The molecule has 1 rings (SSSR count). The number of nitrogens with zero attached hydrogens (tertiary/aromatic N) is 1. The Balaban J connectivity index is 3.06. The van der Waals surface area contributed by atoms with Crippen molar-refractivity contribution < 1.29 is 17.9 Å². The summed E-state index contributed by atoms with van der Waals surface area (Å²) in [6.07, 6.45) is 2.56. The van der Waals surface area contributed by atoms with Crippen LogP contribution in [-0.2, 0) is 19.6 Å². The highest BCUT2D eigenvalue weighted by Crippen LogP contribution is 2.27. The van der Waals surface area contributed by atoms with Crippen LogP contribution in [0.25, 0.3) is 0 Å². The van der Waals surface area contributed by atoms with Gasteiger partial charge in [0.2, 0.25) is 10.0 Å². The van der Waals surface area contributed by atoms with Crippen molar-refractivity contribution in [3.63, 3.8) is 0 Å². The van der Waals surface area contributed by atoms with Crippen molar-refractivity contribution in [3.05, 3.63) is 0 Å². The second-order valence-electron chi connectivity index (χ2n) is 5.32. The highest BCUT2D eigenvalue weighted by molar-refractivity contribution is 7.88. The van der Waals surface area contributed by atoms with Gasteiger partial charge in [-0.05, 0) is 46.7 Å². The van der Waals surface area contributed by atoms with Crippen LogP contribution < -0.4 is 5.32 Å². The lowest BCUT2D eigenvalue weighted by atomic mass is 9.99. The molecule has 1 saturated heterocycles. The topological polar surface area (TPSA) is 75.7 Å². The number of sulfonamides is 1. The molecule has 0 bridgehead atoms. The van der Waals surface area contributed by atoms with Gasteiger partial charge in [-0.15, -0.1) is 0 Å². The first-order chi connectivity index (χ1) is 8.71. The lowest BCUT2D eigenvalue weighted by molar-refractivity contribution is -0.154. The summed E-state index contributed by atoms with van der Waals surface area (Å²) in [6, 6.07) is -0.157. The number of esters is 1. The average Bonchev–Trinajstić information content (AvgIpc) is 2.28. The summed E-state index contributed by atoms with van der Waals surface area (Å²) in [7, 11) is -3.48. The van der Waals surface area contributed by atoms with Gasteiger partial charge in [-0.25, -0.2) is 8.42 Å². The Morgan fingerprint density at radius 3 is 2.32 bits per heavy atom. The molecule has 7 heteroatoms. The molecule has 1 aliphatic heterocycles. The Morgan fingerprint density at radius 1 is 1.37 bits per heavy atom. The van der Waals surface area contributed by atoms with E-state index in [1.807, 2.05) is 0 Å². The molecule has 1 aliphatic rings. The second-order valence-corrected chi connectivity index (χ2v) is 7.18. The maximum absolute atomic E-state index is 12.1. The molecule has 0 aliphatic carbocycles. The third kappa shape index (κ3) is 3.90. The number of carbonyl (C=O) groups excluding carboxylic acids is 1. The number of rotatable bonds is 5. The van der Waals surface area contributed by atoms with Crippen LogP contribution >= 0.6 is 0 Å². The maximum Gasteiger partial charge on any atom is 0.327 e. The second kappa shape index (κ2) is 6.19. The summed E-state index contributed by atoms with van der Waals surface area (Å²) in [5.41, 5.74) is -1.18. The zero-order valence-electron chi connectivity index (χ0n) is 12.1. The van der Waals surface area contributed by atoms with Crippen LogP contribution in [0.5, 0.6) is 0 Å². The fourth-order valence-electron chi connectivity index (χ4n) is 2.58. The average molecular weight is 292 g/mol. The first-order valence-electron chi connectivity index (χ1n) is 6.58. The molecule has 0 aromatic rings. The molecule has 0 unspecified atom stereocenters. The van der Waals surface area contributed by atoms with E-state index in [0.717, 1.165) is 19.3 Å². The number of carbonyl (C=O) groups is 1. The molecule has 0 atom stereocenters. The Morgan fingerprint density at radius 2 is 1.89 bits per heavy atom. The number of hydrogen-bond acceptors (Lipinski definition) is 5. The van der Waals surface area contributed by atoms with Crippen LogP contribution in [0.15, 0.2) is 0 Å². The van der Waals surface area contributed by atoms with Crippen LogP contribution in [0.1, 0.15) is 33.6 Å². The molecule has 0 aromatic heterocycles. The van der Waals surface area contributed by atoms with E-state index in [-0.39, 0.29) is 12.6 Å². The van der Waals surface area contributed by atoms with Gasteiger partial charge < -0.3 is 10.1 Å². The van der Waals surface area contributed by atoms with Crippen LogP contribution in [-0.4, -0.2) is 56.2 Å². The van der Waals surface area contributed by atoms with E-state index in [4.69, 9.17) is 4.74 Å². The van der Waals surface area contributed by atoms with Crippen molar-refractivity contribution in [1.29, 1.82) is 0 Å². The summed E-state index contributed by atoms with van der Waals surface area (Å²) in [4.78, 5) is 12.1. The summed E-state index contributed by atoms with van der Waals surface area (Å²) in [6.45, 7) is 6.68. The van der Waals surface area contributed by atoms with Crippen LogP contribution in [0.2, 0.25) is 0 Å². The summed E-state index contributed by atoms with van der Waals surface area (Å²) in [5.74, 6) is -0.501. The van der Waals surface area contributed by atoms with Crippen molar-refractivity contribution in [2.45, 2.75) is 45.2 Å². The molecule has 1 N–H and O–H groups in total. The predicted molar refractivity (Wildman–Crippen MR) is 73.3 cm³/mol. The van der Waals surface area contributed by atoms with Crippen molar-refractivity contribution >= 4 is 16.0 Å². The number of hydrogen-bond donors (Lipinski definition) is 1. The molecule has 19 heavy (non-hydrogen) atoms. The summed E-state index contributed by atoms with van der Waals surface area (Å²) < 4.78 is 30.5. The highest BCUT2D eigenvalue weighted by atomic mass is 32.2. The largest absolute Gasteiger partial charge is 0.465 e. The smallest absolute Gasteiger partial charge is 0.327 e. The van der Waals surface area contributed by atoms with Crippen molar-refractivity contribution in [2.24, 2.45) is 0 Å². The van der Waals surface area contributed by atoms with E-state index in [1.165, 1.54) is 4.31 Å². The quantitative estimate of drug-likeness (QED) is 0.740. The normalized spacial score (nSPS) is 18.6. The molecule has 0 spiro atoms. The van der Waals surface area contributed by atoms with Gasteiger partial charge >= 0.3 is 5.97 Å². The Hall–Kier alpha value is -0.660. The van der Waals surface area contributed by atoms with Crippen molar-refractivity contribution in [2.75, 3.05) is 26.0 Å². The van der Waals surface area contributed by atoms with E-state index in [9.17, 15) is 13.2 Å². The van der Waals surface area contributed by atoms with Crippen LogP contribution in [0.3, 0.4) is 0 Å². The third-order valence-electron chi connectivity index (χ3n) is 3.32. The van der Waals surface area contributed by atoms with E-state index >= 15 is 0 Å². The lowest BCUT2D eigenvalue weighted by Gasteiger charge is -2.41. The zero-order valence-corrected chi connectivity index (χ0v) is 12.9. The molecule has 1 heterocycles. The van der Waals surface area contributed by atoms with Gasteiger partial charge in [0.15, 0.2) is 0 Å². The first-order valence-corrected chi connectivity index (χ1v) is 8.43. The molecular weight excluding hydrogens is 268 g/mol. The lowest BCUT2D eigenvalue weighted by Crippen LogP contribution is -2.59. The SMILES string of the molecule is CCOC(=O)C(C)(C)N(C1CCNCC1)S(C)(=O)=O. The first kappa shape index (κ1) is 16.4. The monoisotopic (exact) mass is 292 g/mol. The van der Waals surface area contributed by atoms with Gasteiger partial charge in [0.1, 0.15) is 5.54 Å². The number of piperidine rings is 1. The van der Waals surface area contributed by atoms with Gasteiger partial charge in [0.25, 0.3) is 0 Å². The molecular formula is C12H24N2O4S.